The first-order valence-corrected chi connectivity index (χ1v) is 8.94. The zero-order valence-corrected chi connectivity index (χ0v) is 16.2. The van der Waals surface area contributed by atoms with Gasteiger partial charge in [-0.25, -0.2) is 0 Å². The van der Waals surface area contributed by atoms with Crippen molar-refractivity contribution in [1.82, 2.24) is 0 Å². The molecule has 132 valence electrons. The van der Waals surface area contributed by atoms with Crippen LogP contribution < -0.4 is 0 Å². The molecule has 0 bridgehead atoms. The second-order valence-electron chi connectivity index (χ2n) is 7.67. The molecule has 0 unspecified atom stereocenters. The van der Waals surface area contributed by atoms with Crippen LogP contribution in [0.4, 0.5) is 0 Å². The highest BCUT2D eigenvalue weighted by molar-refractivity contribution is 6.55. The molecule has 0 aromatic heterocycles. The van der Waals surface area contributed by atoms with Crippen LogP contribution in [-0.2, 0) is 22.2 Å². The summed E-state index contributed by atoms with van der Waals surface area (Å²) in [6.07, 6.45) is 3.99. The van der Waals surface area contributed by atoms with Crippen molar-refractivity contribution in [2.75, 3.05) is 6.61 Å². The molecule has 1 N–H and O–H groups in total. The normalized spacial score (nSPS) is 19.8. The predicted molar refractivity (Wildman–Crippen MR) is 101 cm³/mol. The minimum atomic E-state index is -0.504. The second-order valence-corrected chi connectivity index (χ2v) is 7.67. The lowest BCUT2D eigenvalue weighted by Crippen LogP contribution is -2.41. The minimum Gasteiger partial charge on any atom is -0.400 e. The van der Waals surface area contributed by atoms with E-state index >= 15 is 0 Å². The van der Waals surface area contributed by atoms with Crippen LogP contribution in [0.25, 0.3) is 6.08 Å². The summed E-state index contributed by atoms with van der Waals surface area (Å²) in [5.74, 6) is 0. The van der Waals surface area contributed by atoms with Gasteiger partial charge >= 0.3 is 7.12 Å². The Bertz CT molecular complexity index is 591. The van der Waals surface area contributed by atoms with Crippen molar-refractivity contribution in [2.24, 2.45) is 0 Å². The SMILES string of the molecule is CCc1cc(C)cc(CC)c1C=C(CO)B1OC(C)(C)C(C)(C)O1. The Morgan fingerprint density at radius 3 is 1.88 bits per heavy atom. The number of rotatable bonds is 5. The quantitative estimate of drug-likeness (QED) is 0.825. The zero-order chi connectivity index (χ0) is 18.1. The Kier molecular flexibility index (Phi) is 5.63. The summed E-state index contributed by atoms with van der Waals surface area (Å²) in [5, 5.41) is 9.94. The van der Waals surface area contributed by atoms with E-state index in [9.17, 15) is 5.11 Å². The third-order valence-electron chi connectivity index (χ3n) is 5.33. The number of hydrogen-bond acceptors (Lipinski definition) is 3. The number of hydrogen-bond donors (Lipinski definition) is 1. The number of aryl methyl sites for hydroxylation is 3. The van der Waals surface area contributed by atoms with Gasteiger partial charge in [0.2, 0.25) is 0 Å². The maximum Gasteiger partial charge on any atom is 0.492 e. The molecule has 0 radical (unpaired) electrons. The van der Waals surface area contributed by atoms with Gasteiger partial charge in [0.25, 0.3) is 0 Å². The molecule has 1 fully saturated rings. The molecule has 0 amide bonds. The molecule has 2 rings (SSSR count). The van der Waals surface area contributed by atoms with E-state index in [1.807, 2.05) is 27.7 Å². The topological polar surface area (TPSA) is 38.7 Å². The van der Waals surface area contributed by atoms with Crippen molar-refractivity contribution in [3.8, 4) is 0 Å². The second kappa shape index (κ2) is 7.03. The van der Waals surface area contributed by atoms with Crippen LogP contribution in [-0.4, -0.2) is 30.0 Å². The average Bonchev–Trinajstić information content (AvgIpc) is 2.72. The molecule has 24 heavy (non-hydrogen) atoms. The Morgan fingerprint density at radius 1 is 1.04 bits per heavy atom. The van der Waals surface area contributed by atoms with Crippen LogP contribution in [0.5, 0.6) is 0 Å². The van der Waals surface area contributed by atoms with Gasteiger partial charge in [0, 0.05) is 0 Å². The fourth-order valence-corrected chi connectivity index (χ4v) is 3.09. The fraction of sp³-hybridized carbons (Fsp3) is 0.600. The highest BCUT2D eigenvalue weighted by Crippen LogP contribution is 2.39. The Labute approximate surface area is 147 Å². The lowest BCUT2D eigenvalue weighted by atomic mass is 9.76. The number of benzene rings is 1. The van der Waals surface area contributed by atoms with Crippen molar-refractivity contribution >= 4 is 13.2 Å². The first kappa shape index (κ1) is 19.2. The van der Waals surface area contributed by atoms with Crippen LogP contribution in [0.2, 0.25) is 0 Å². The molecule has 1 aromatic carbocycles. The zero-order valence-electron chi connectivity index (χ0n) is 16.2. The lowest BCUT2D eigenvalue weighted by molar-refractivity contribution is 0.00578. The Morgan fingerprint density at radius 2 is 1.50 bits per heavy atom. The molecule has 1 aromatic rings. The first-order valence-electron chi connectivity index (χ1n) is 8.94. The third kappa shape index (κ3) is 3.61. The Balaban J connectivity index is 2.46. The van der Waals surface area contributed by atoms with Crippen molar-refractivity contribution in [1.29, 1.82) is 0 Å². The van der Waals surface area contributed by atoms with Crippen LogP contribution in [0.15, 0.2) is 17.6 Å². The summed E-state index contributed by atoms with van der Waals surface area (Å²) in [6, 6.07) is 4.45. The predicted octanol–water partition coefficient (Wildman–Crippen LogP) is 4.13. The first-order chi connectivity index (χ1) is 11.1. The molecule has 0 saturated carbocycles. The van der Waals surface area contributed by atoms with Gasteiger partial charge in [0.05, 0.1) is 17.8 Å². The molecule has 0 spiro atoms. The van der Waals surface area contributed by atoms with Gasteiger partial charge in [-0.15, -0.1) is 0 Å². The Hall–Kier alpha value is -1.10. The number of aliphatic hydroxyl groups is 1. The van der Waals surface area contributed by atoms with E-state index in [1.54, 1.807) is 0 Å². The minimum absolute atomic E-state index is 0.0724. The van der Waals surface area contributed by atoms with Gasteiger partial charge in [-0.1, -0.05) is 37.6 Å². The monoisotopic (exact) mass is 330 g/mol. The van der Waals surface area contributed by atoms with E-state index in [4.69, 9.17) is 9.31 Å². The van der Waals surface area contributed by atoms with E-state index in [0.29, 0.717) is 0 Å². The molecule has 1 heterocycles. The summed E-state index contributed by atoms with van der Waals surface area (Å²) in [6.45, 7) is 14.5. The van der Waals surface area contributed by atoms with Gasteiger partial charge in [0.15, 0.2) is 0 Å². The molecular formula is C20H31BO3. The van der Waals surface area contributed by atoms with Crippen LogP contribution in [0, 0.1) is 6.92 Å². The summed E-state index contributed by atoms with van der Waals surface area (Å²) in [4.78, 5) is 0. The molecular weight excluding hydrogens is 299 g/mol. The summed E-state index contributed by atoms with van der Waals surface area (Å²) >= 11 is 0. The van der Waals surface area contributed by atoms with E-state index in [0.717, 1.165) is 18.3 Å². The highest BCUT2D eigenvalue weighted by Gasteiger charge is 2.52. The van der Waals surface area contributed by atoms with Crippen molar-refractivity contribution in [3.05, 3.63) is 39.9 Å². The van der Waals surface area contributed by atoms with Crippen molar-refractivity contribution in [2.45, 2.75) is 72.5 Å². The van der Waals surface area contributed by atoms with Gasteiger partial charge in [-0.3, -0.25) is 0 Å². The van der Waals surface area contributed by atoms with Crippen molar-refractivity contribution < 1.29 is 14.4 Å². The number of aliphatic hydroxyl groups excluding tert-OH is 1. The van der Waals surface area contributed by atoms with Crippen LogP contribution >= 0.6 is 0 Å². The van der Waals surface area contributed by atoms with E-state index in [1.165, 1.54) is 22.3 Å². The van der Waals surface area contributed by atoms with Gasteiger partial charge < -0.3 is 14.4 Å². The van der Waals surface area contributed by atoms with Crippen LogP contribution in [0.1, 0.15) is 63.8 Å². The van der Waals surface area contributed by atoms with Crippen molar-refractivity contribution in [3.63, 3.8) is 0 Å². The summed E-state index contributed by atoms with van der Waals surface area (Å²) < 4.78 is 12.2. The maximum absolute atomic E-state index is 9.94. The third-order valence-corrected chi connectivity index (χ3v) is 5.33. The van der Waals surface area contributed by atoms with E-state index in [-0.39, 0.29) is 6.61 Å². The molecule has 0 atom stereocenters. The van der Waals surface area contributed by atoms with Gasteiger partial charge in [0.1, 0.15) is 0 Å². The van der Waals surface area contributed by atoms with E-state index in [2.05, 4.69) is 39.0 Å². The molecule has 4 heteroatoms. The van der Waals surface area contributed by atoms with Gasteiger partial charge in [-0.05, 0) is 69.6 Å². The maximum atomic E-state index is 9.94. The molecule has 1 aliphatic heterocycles. The highest BCUT2D eigenvalue weighted by atomic mass is 16.7. The fourth-order valence-electron chi connectivity index (χ4n) is 3.09. The summed E-state index contributed by atoms with van der Waals surface area (Å²) in [5.41, 5.74) is 5.05. The average molecular weight is 330 g/mol. The van der Waals surface area contributed by atoms with E-state index < -0.39 is 18.3 Å². The molecule has 0 aliphatic carbocycles. The van der Waals surface area contributed by atoms with Gasteiger partial charge in [-0.2, -0.15) is 0 Å². The molecule has 1 saturated heterocycles. The van der Waals surface area contributed by atoms with Crippen LogP contribution in [0.3, 0.4) is 0 Å². The lowest BCUT2D eigenvalue weighted by Gasteiger charge is -2.32. The standard InChI is InChI=1S/C20H31BO3/c1-8-15-10-14(3)11-16(9-2)18(15)12-17(13-22)21-23-19(4,5)20(6,7)24-21/h10-12,22H,8-9,13H2,1-7H3. The molecule has 3 nitrogen and oxygen atoms in total. The molecule has 1 aliphatic rings. The summed E-state index contributed by atoms with van der Waals surface area (Å²) in [7, 11) is -0.504. The largest absolute Gasteiger partial charge is 0.492 e. The smallest absolute Gasteiger partial charge is 0.400 e.